The maximum absolute atomic E-state index is 14.0. The van der Waals surface area contributed by atoms with Crippen LogP contribution in [0.25, 0.3) is 0 Å². The number of amides is 2. The Morgan fingerprint density at radius 1 is 1.19 bits per heavy atom. The van der Waals surface area contributed by atoms with E-state index in [4.69, 9.17) is 0 Å². The number of sulfonamides is 1. The molecule has 2 amide bonds. The van der Waals surface area contributed by atoms with Gasteiger partial charge in [-0.3, -0.25) is 9.59 Å². The second-order valence-corrected chi connectivity index (χ2v) is 13.9. The minimum absolute atomic E-state index is 0.0166. The molecule has 2 atom stereocenters. The van der Waals surface area contributed by atoms with Crippen LogP contribution in [0, 0.1) is 0 Å². The number of carbonyl (C=O) groups excluding carboxylic acids is 2. The summed E-state index contributed by atoms with van der Waals surface area (Å²) in [5.41, 5.74) is 2.62. The number of carbonyl (C=O) groups is 2. The predicted octanol–water partition coefficient (Wildman–Crippen LogP) is 2.22. The maximum Gasteiger partial charge on any atom is 0.262 e. The summed E-state index contributed by atoms with van der Waals surface area (Å²) in [5, 5.41) is 5.77. The number of anilines is 1. The lowest BCUT2D eigenvalue weighted by Crippen LogP contribution is -2.55. The van der Waals surface area contributed by atoms with Crippen molar-refractivity contribution in [3.63, 3.8) is 0 Å². The van der Waals surface area contributed by atoms with Crippen molar-refractivity contribution in [2.24, 2.45) is 14.1 Å². The second kappa shape index (κ2) is 12.3. The molecule has 3 heterocycles. The molecule has 2 N–H and O–H groups in total. The molecule has 2 aromatic heterocycles. The van der Waals surface area contributed by atoms with Crippen LogP contribution in [-0.4, -0.2) is 74.4 Å². The van der Waals surface area contributed by atoms with Gasteiger partial charge in [0.15, 0.2) is 5.03 Å². The van der Waals surface area contributed by atoms with Gasteiger partial charge < -0.3 is 24.7 Å². The van der Waals surface area contributed by atoms with Gasteiger partial charge in [-0.15, -0.1) is 0 Å². The number of rotatable bonds is 10. The number of imidazole rings is 2. The van der Waals surface area contributed by atoms with E-state index in [2.05, 4.69) is 25.5 Å². The number of hydrogen-bond donors (Lipinski definition) is 2. The molecule has 13 heteroatoms. The lowest BCUT2D eigenvalue weighted by molar-refractivity contribution is -0.123. The van der Waals surface area contributed by atoms with Gasteiger partial charge in [-0.1, -0.05) is 6.92 Å². The van der Waals surface area contributed by atoms with Gasteiger partial charge in [0.1, 0.15) is 0 Å². The minimum atomic E-state index is -4.16. The number of aromatic nitrogens is 4. The van der Waals surface area contributed by atoms with Crippen LogP contribution in [-0.2, 0) is 41.9 Å². The van der Waals surface area contributed by atoms with Crippen molar-refractivity contribution in [2.75, 3.05) is 18.0 Å². The number of benzene rings is 1. The SMILES string of the molecule is CCC(C)NC(=O)c1ccc2c(c1)CC(N(CC(=O)NC(C)(C)C)S(=O)(=O)c1cn(C)cn1)CN2Cc1cncn1C. The van der Waals surface area contributed by atoms with Gasteiger partial charge >= 0.3 is 0 Å². The van der Waals surface area contributed by atoms with Gasteiger partial charge in [-0.05, 0) is 64.3 Å². The summed E-state index contributed by atoms with van der Waals surface area (Å²) in [7, 11) is -0.555. The molecule has 0 saturated heterocycles. The Balaban J connectivity index is 1.77. The number of fused-ring (bicyclic) bond motifs is 1. The molecule has 0 aliphatic carbocycles. The Bertz CT molecular complexity index is 1540. The molecular weight excluding hydrogens is 556 g/mol. The van der Waals surface area contributed by atoms with E-state index in [0.29, 0.717) is 25.1 Å². The molecule has 228 valence electrons. The molecule has 0 saturated carbocycles. The van der Waals surface area contributed by atoms with Crippen molar-refractivity contribution in [3.8, 4) is 0 Å². The summed E-state index contributed by atoms with van der Waals surface area (Å²) in [6, 6.07) is 4.94. The van der Waals surface area contributed by atoms with E-state index in [1.165, 1.54) is 16.8 Å². The first-order chi connectivity index (χ1) is 19.7. The van der Waals surface area contributed by atoms with Gasteiger partial charge in [-0.25, -0.2) is 18.4 Å². The van der Waals surface area contributed by atoms with Crippen LogP contribution in [0.1, 0.15) is 62.7 Å². The first-order valence-corrected chi connectivity index (χ1v) is 15.6. The van der Waals surface area contributed by atoms with Crippen LogP contribution in [0.3, 0.4) is 0 Å². The molecule has 1 aromatic carbocycles. The van der Waals surface area contributed by atoms with E-state index in [-0.39, 0.29) is 23.5 Å². The summed E-state index contributed by atoms with van der Waals surface area (Å²) in [6.07, 6.45) is 7.47. The molecule has 4 rings (SSSR count). The van der Waals surface area contributed by atoms with Gasteiger partial charge in [0.2, 0.25) is 5.91 Å². The summed E-state index contributed by atoms with van der Waals surface area (Å²) in [4.78, 5) is 36.6. The molecule has 0 bridgehead atoms. The molecule has 1 aliphatic rings. The fraction of sp³-hybridized carbons (Fsp3) is 0.517. The monoisotopic (exact) mass is 598 g/mol. The van der Waals surface area contributed by atoms with Crippen LogP contribution in [0.15, 0.2) is 48.3 Å². The highest BCUT2D eigenvalue weighted by molar-refractivity contribution is 7.89. The molecular formula is C29H42N8O4S. The van der Waals surface area contributed by atoms with E-state index in [1.807, 2.05) is 58.4 Å². The normalized spacial score (nSPS) is 16.3. The highest BCUT2D eigenvalue weighted by Crippen LogP contribution is 2.33. The lowest BCUT2D eigenvalue weighted by atomic mass is 9.95. The van der Waals surface area contributed by atoms with Gasteiger partial charge in [0.05, 0.1) is 31.4 Å². The van der Waals surface area contributed by atoms with Crippen molar-refractivity contribution in [1.29, 1.82) is 0 Å². The average molecular weight is 599 g/mol. The summed E-state index contributed by atoms with van der Waals surface area (Å²) < 4.78 is 32.8. The first kappa shape index (κ1) is 31.2. The second-order valence-electron chi connectivity index (χ2n) is 12.1. The third-order valence-electron chi connectivity index (χ3n) is 7.30. The highest BCUT2D eigenvalue weighted by Gasteiger charge is 2.39. The fourth-order valence-electron chi connectivity index (χ4n) is 5.01. The Labute approximate surface area is 248 Å². The largest absolute Gasteiger partial charge is 0.364 e. The van der Waals surface area contributed by atoms with Crippen LogP contribution < -0.4 is 15.5 Å². The van der Waals surface area contributed by atoms with E-state index >= 15 is 0 Å². The van der Waals surface area contributed by atoms with Crippen molar-refractivity contribution in [1.82, 2.24) is 34.0 Å². The van der Waals surface area contributed by atoms with E-state index < -0.39 is 27.5 Å². The molecule has 42 heavy (non-hydrogen) atoms. The molecule has 1 aliphatic heterocycles. The quantitative estimate of drug-likeness (QED) is 0.366. The van der Waals surface area contributed by atoms with E-state index in [1.54, 1.807) is 30.2 Å². The summed E-state index contributed by atoms with van der Waals surface area (Å²) >= 11 is 0. The number of nitrogens with zero attached hydrogens (tertiary/aromatic N) is 6. The molecule has 0 fully saturated rings. The van der Waals surface area contributed by atoms with E-state index in [9.17, 15) is 18.0 Å². The highest BCUT2D eigenvalue weighted by atomic mass is 32.2. The van der Waals surface area contributed by atoms with Crippen LogP contribution >= 0.6 is 0 Å². The maximum atomic E-state index is 14.0. The molecule has 0 radical (unpaired) electrons. The van der Waals surface area contributed by atoms with Crippen molar-refractivity contribution < 1.29 is 18.0 Å². The predicted molar refractivity (Wildman–Crippen MR) is 160 cm³/mol. The number of hydrogen-bond acceptors (Lipinski definition) is 7. The first-order valence-electron chi connectivity index (χ1n) is 14.1. The number of aryl methyl sites for hydroxylation is 2. The Morgan fingerprint density at radius 3 is 2.52 bits per heavy atom. The Kier molecular flexibility index (Phi) is 9.12. The molecule has 0 spiro atoms. The van der Waals surface area contributed by atoms with E-state index in [0.717, 1.165) is 23.4 Å². The third-order valence-corrected chi connectivity index (χ3v) is 9.09. The minimum Gasteiger partial charge on any atom is -0.364 e. The Hall–Kier alpha value is -3.71. The zero-order valence-electron chi connectivity index (χ0n) is 25.5. The van der Waals surface area contributed by atoms with Gasteiger partial charge in [0, 0.05) is 61.9 Å². The van der Waals surface area contributed by atoms with Crippen molar-refractivity contribution in [2.45, 2.75) is 76.7 Å². The van der Waals surface area contributed by atoms with Crippen molar-refractivity contribution in [3.05, 3.63) is 60.1 Å². The topological polar surface area (TPSA) is 134 Å². The Morgan fingerprint density at radius 2 is 1.93 bits per heavy atom. The van der Waals surface area contributed by atoms with Crippen LogP contribution in [0.5, 0.6) is 0 Å². The zero-order chi connectivity index (χ0) is 30.8. The van der Waals surface area contributed by atoms with Gasteiger partial charge in [0.25, 0.3) is 15.9 Å². The standard InChI is InChI=1S/C29H42N8O4S/c1-8-20(2)32-28(39)21-9-10-25-22(11-21)12-23(14-36(25)15-24-13-30-18-35(24)7)37(16-26(38)33-29(3,4)5)42(40,41)27-17-34(6)19-31-27/h9-11,13,17-20,23H,8,12,14-16H2,1-7H3,(H,32,39)(H,33,38). The molecule has 2 unspecified atom stereocenters. The fourth-order valence-corrected chi connectivity index (χ4v) is 6.55. The lowest BCUT2D eigenvalue weighted by Gasteiger charge is -2.40. The average Bonchev–Trinajstić information content (AvgIpc) is 3.53. The third kappa shape index (κ3) is 7.19. The number of nitrogens with one attached hydrogen (secondary N) is 2. The van der Waals surface area contributed by atoms with Crippen molar-refractivity contribution >= 4 is 27.5 Å². The van der Waals surface area contributed by atoms with Crippen LogP contribution in [0.4, 0.5) is 5.69 Å². The van der Waals surface area contributed by atoms with Gasteiger partial charge in [-0.2, -0.15) is 4.31 Å². The molecule has 12 nitrogen and oxygen atoms in total. The van der Waals surface area contributed by atoms with Crippen LogP contribution in [0.2, 0.25) is 0 Å². The smallest absolute Gasteiger partial charge is 0.262 e. The summed E-state index contributed by atoms with van der Waals surface area (Å²) in [6.45, 7) is 9.92. The molecule has 3 aromatic rings. The summed E-state index contributed by atoms with van der Waals surface area (Å²) in [5.74, 6) is -0.595. The zero-order valence-corrected chi connectivity index (χ0v) is 26.3.